The molecule has 1 aliphatic heterocycles. The minimum absolute atomic E-state index is 0.0106. The van der Waals surface area contributed by atoms with Gasteiger partial charge in [-0.15, -0.1) is 0 Å². The summed E-state index contributed by atoms with van der Waals surface area (Å²) in [6.07, 6.45) is 1.50. The van der Waals surface area contributed by atoms with Crippen LogP contribution >= 0.6 is 23.2 Å². The molecular weight excluding hydrogens is 323 g/mol. The van der Waals surface area contributed by atoms with E-state index in [0.717, 1.165) is 12.8 Å². The number of halogens is 2. The normalized spacial score (nSPS) is 16.0. The van der Waals surface area contributed by atoms with E-state index in [0.29, 0.717) is 28.7 Å². The van der Waals surface area contributed by atoms with Crippen LogP contribution in [-0.4, -0.2) is 35.8 Å². The first-order chi connectivity index (χ1) is 10.4. The molecular formula is C16H20Cl2N2O2. The maximum absolute atomic E-state index is 12.3. The molecule has 22 heavy (non-hydrogen) atoms. The Hall–Kier alpha value is -1.26. The van der Waals surface area contributed by atoms with Crippen molar-refractivity contribution in [2.24, 2.45) is 5.92 Å². The Morgan fingerprint density at radius 2 is 1.86 bits per heavy atom. The average molecular weight is 343 g/mol. The van der Waals surface area contributed by atoms with Gasteiger partial charge < -0.3 is 10.2 Å². The third kappa shape index (κ3) is 4.14. The zero-order chi connectivity index (χ0) is 16.3. The van der Waals surface area contributed by atoms with E-state index in [-0.39, 0.29) is 23.8 Å². The number of piperidine rings is 1. The maximum Gasteiger partial charge on any atom is 0.253 e. The van der Waals surface area contributed by atoms with Crippen molar-refractivity contribution >= 4 is 35.0 Å². The summed E-state index contributed by atoms with van der Waals surface area (Å²) in [6.45, 7) is 5.14. The summed E-state index contributed by atoms with van der Waals surface area (Å²) in [5, 5.41) is 3.83. The quantitative estimate of drug-likeness (QED) is 0.915. The van der Waals surface area contributed by atoms with E-state index in [4.69, 9.17) is 23.2 Å². The van der Waals surface area contributed by atoms with E-state index in [1.165, 1.54) is 0 Å². The van der Waals surface area contributed by atoms with Gasteiger partial charge in [0.1, 0.15) is 0 Å². The standard InChI is InChI=1S/C16H20Cl2N2O2/c1-10(2)16(22)20-7-5-12(6-8-20)19-15(21)13-9-11(17)3-4-14(13)18/h3-4,9-10,12H,5-8H2,1-2H3,(H,19,21). The molecule has 0 unspecified atom stereocenters. The zero-order valence-corrected chi connectivity index (χ0v) is 14.2. The summed E-state index contributed by atoms with van der Waals surface area (Å²) < 4.78 is 0. The number of nitrogens with one attached hydrogen (secondary N) is 1. The van der Waals surface area contributed by atoms with Gasteiger partial charge >= 0.3 is 0 Å². The van der Waals surface area contributed by atoms with Gasteiger partial charge in [-0.25, -0.2) is 0 Å². The van der Waals surface area contributed by atoms with E-state index in [2.05, 4.69) is 5.32 Å². The highest BCUT2D eigenvalue weighted by Gasteiger charge is 2.25. The Bertz CT molecular complexity index is 567. The molecule has 0 atom stereocenters. The number of carbonyl (C=O) groups excluding carboxylic acids is 2. The number of hydrogen-bond acceptors (Lipinski definition) is 2. The third-order valence-corrected chi connectivity index (χ3v) is 4.37. The molecule has 6 heteroatoms. The van der Waals surface area contributed by atoms with E-state index >= 15 is 0 Å². The molecule has 0 spiro atoms. The number of hydrogen-bond donors (Lipinski definition) is 1. The van der Waals surface area contributed by atoms with Crippen molar-refractivity contribution in [3.05, 3.63) is 33.8 Å². The molecule has 2 rings (SSSR count). The van der Waals surface area contributed by atoms with Crippen molar-refractivity contribution in [2.75, 3.05) is 13.1 Å². The van der Waals surface area contributed by atoms with Gasteiger partial charge in [0.05, 0.1) is 10.6 Å². The van der Waals surface area contributed by atoms with Gasteiger partial charge in [0, 0.05) is 30.1 Å². The van der Waals surface area contributed by atoms with Crippen molar-refractivity contribution in [3.8, 4) is 0 Å². The topological polar surface area (TPSA) is 49.4 Å². The fourth-order valence-corrected chi connectivity index (χ4v) is 2.92. The molecule has 0 aromatic heterocycles. The van der Waals surface area contributed by atoms with Gasteiger partial charge in [0.2, 0.25) is 5.91 Å². The summed E-state index contributed by atoms with van der Waals surface area (Å²) >= 11 is 11.9. The number of benzene rings is 1. The van der Waals surface area contributed by atoms with Crippen LogP contribution in [0.15, 0.2) is 18.2 Å². The smallest absolute Gasteiger partial charge is 0.253 e. The van der Waals surface area contributed by atoms with Crippen molar-refractivity contribution < 1.29 is 9.59 Å². The average Bonchev–Trinajstić information content (AvgIpc) is 2.49. The fraction of sp³-hybridized carbons (Fsp3) is 0.500. The van der Waals surface area contributed by atoms with Crippen molar-refractivity contribution in [1.82, 2.24) is 10.2 Å². The Labute approximate surface area is 140 Å². The Kier molecular flexibility index (Phi) is 5.70. The molecule has 0 saturated carbocycles. The van der Waals surface area contributed by atoms with Crippen molar-refractivity contribution in [1.29, 1.82) is 0 Å². The predicted octanol–water partition coefficient (Wildman–Crippen LogP) is 3.37. The molecule has 2 amide bonds. The molecule has 0 radical (unpaired) electrons. The van der Waals surface area contributed by atoms with E-state index < -0.39 is 0 Å². The molecule has 1 heterocycles. The minimum atomic E-state index is -0.221. The number of carbonyl (C=O) groups is 2. The Morgan fingerprint density at radius 1 is 1.23 bits per heavy atom. The second-order valence-electron chi connectivity index (χ2n) is 5.85. The molecule has 120 valence electrons. The Morgan fingerprint density at radius 3 is 2.45 bits per heavy atom. The van der Waals surface area contributed by atoms with E-state index in [1.54, 1.807) is 18.2 Å². The molecule has 0 aliphatic carbocycles. The van der Waals surface area contributed by atoms with Crippen LogP contribution in [0, 0.1) is 5.92 Å². The lowest BCUT2D eigenvalue weighted by molar-refractivity contribution is -0.135. The van der Waals surface area contributed by atoms with Crippen LogP contribution in [0.1, 0.15) is 37.0 Å². The van der Waals surface area contributed by atoms with Crippen LogP contribution in [0.5, 0.6) is 0 Å². The molecule has 1 aliphatic rings. The molecule has 1 N–H and O–H groups in total. The molecule has 1 aromatic carbocycles. The van der Waals surface area contributed by atoms with Gasteiger partial charge in [-0.05, 0) is 31.0 Å². The largest absolute Gasteiger partial charge is 0.349 e. The van der Waals surface area contributed by atoms with Crippen molar-refractivity contribution in [3.63, 3.8) is 0 Å². The van der Waals surface area contributed by atoms with Crippen molar-refractivity contribution in [2.45, 2.75) is 32.7 Å². The highest BCUT2D eigenvalue weighted by atomic mass is 35.5. The second-order valence-corrected chi connectivity index (χ2v) is 6.70. The SMILES string of the molecule is CC(C)C(=O)N1CCC(NC(=O)c2cc(Cl)ccc2Cl)CC1. The van der Waals surface area contributed by atoms with E-state index in [9.17, 15) is 9.59 Å². The van der Waals surface area contributed by atoms with Gasteiger partial charge in [-0.1, -0.05) is 37.0 Å². The first-order valence-corrected chi connectivity index (χ1v) is 8.18. The van der Waals surface area contributed by atoms with Crippen LogP contribution in [0.3, 0.4) is 0 Å². The minimum Gasteiger partial charge on any atom is -0.349 e. The number of likely N-dealkylation sites (tertiary alicyclic amines) is 1. The van der Waals surface area contributed by atoms with Crippen LogP contribution in [0.4, 0.5) is 0 Å². The summed E-state index contributed by atoms with van der Waals surface area (Å²) in [5.41, 5.74) is 0.384. The lowest BCUT2D eigenvalue weighted by Crippen LogP contribution is -2.47. The number of nitrogens with zero attached hydrogens (tertiary/aromatic N) is 1. The molecule has 0 bridgehead atoms. The summed E-state index contributed by atoms with van der Waals surface area (Å²) in [7, 11) is 0. The molecule has 1 aromatic rings. The summed E-state index contributed by atoms with van der Waals surface area (Å²) in [5.74, 6) is -0.0415. The van der Waals surface area contributed by atoms with Gasteiger partial charge in [-0.2, -0.15) is 0 Å². The lowest BCUT2D eigenvalue weighted by atomic mass is 10.0. The zero-order valence-electron chi connectivity index (χ0n) is 12.7. The monoisotopic (exact) mass is 342 g/mol. The highest BCUT2D eigenvalue weighted by molar-refractivity contribution is 6.35. The Balaban J connectivity index is 1.92. The van der Waals surface area contributed by atoms with Gasteiger partial charge in [0.25, 0.3) is 5.91 Å². The van der Waals surface area contributed by atoms with Crippen LogP contribution in [0.2, 0.25) is 10.0 Å². The van der Waals surface area contributed by atoms with Gasteiger partial charge in [-0.3, -0.25) is 9.59 Å². The number of rotatable bonds is 3. The first kappa shape index (κ1) is 17.1. The lowest BCUT2D eigenvalue weighted by Gasteiger charge is -2.33. The maximum atomic E-state index is 12.3. The van der Waals surface area contributed by atoms with Crippen LogP contribution in [0.25, 0.3) is 0 Å². The number of amides is 2. The van der Waals surface area contributed by atoms with Crippen LogP contribution < -0.4 is 5.32 Å². The summed E-state index contributed by atoms with van der Waals surface area (Å²) in [4.78, 5) is 26.1. The van der Waals surface area contributed by atoms with Gasteiger partial charge in [0.15, 0.2) is 0 Å². The molecule has 4 nitrogen and oxygen atoms in total. The second kappa shape index (κ2) is 7.34. The predicted molar refractivity (Wildman–Crippen MR) is 88.4 cm³/mol. The fourth-order valence-electron chi connectivity index (χ4n) is 2.54. The third-order valence-electron chi connectivity index (χ3n) is 3.81. The van der Waals surface area contributed by atoms with Crippen LogP contribution in [-0.2, 0) is 4.79 Å². The summed E-state index contributed by atoms with van der Waals surface area (Å²) in [6, 6.07) is 4.88. The first-order valence-electron chi connectivity index (χ1n) is 7.43. The van der Waals surface area contributed by atoms with E-state index in [1.807, 2.05) is 18.7 Å². The molecule has 1 fully saturated rings. The molecule has 1 saturated heterocycles. The highest BCUT2D eigenvalue weighted by Crippen LogP contribution is 2.21.